The summed E-state index contributed by atoms with van der Waals surface area (Å²) in [5.74, 6) is -0.418. The molecular formula is C26H26ClN2O. The number of amides is 1. The van der Waals surface area contributed by atoms with Crippen LogP contribution in [0.25, 0.3) is 21.8 Å². The highest BCUT2D eigenvalue weighted by molar-refractivity contribution is 6.31. The molecule has 0 aliphatic rings. The molecule has 4 rings (SSSR count). The van der Waals surface area contributed by atoms with E-state index >= 15 is 0 Å². The molecule has 0 fully saturated rings. The van der Waals surface area contributed by atoms with Crippen LogP contribution in [-0.4, -0.2) is 10.5 Å². The molecule has 1 amide bonds. The second kappa shape index (κ2) is 8.53. The number of aromatic nitrogens is 1. The maximum atomic E-state index is 12.1. The van der Waals surface area contributed by atoms with Crippen LogP contribution < -0.4 is 5.73 Å². The molecule has 0 saturated heterocycles. The number of aryl methyl sites for hydroxylation is 2. The summed E-state index contributed by atoms with van der Waals surface area (Å²) >= 11 is 6.38. The first-order chi connectivity index (χ1) is 14.5. The van der Waals surface area contributed by atoms with E-state index in [0.29, 0.717) is 12.1 Å². The third-order valence-electron chi connectivity index (χ3n) is 5.77. The number of benzene rings is 3. The highest BCUT2D eigenvalue weighted by Gasteiger charge is 2.17. The fourth-order valence-corrected chi connectivity index (χ4v) is 4.32. The normalized spacial score (nSPS) is 11.4. The molecule has 4 heteroatoms. The molecule has 30 heavy (non-hydrogen) atoms. The van der Waals surface area contributed by atoms with Crippen molar-refractivity contribution in [2.75, 3.05) is 0 Å². The Morgan fingerprint density at radius 3 is 2.67 bits per heavy atom. The number of unbranched alkanes of at least 4 members (excludes halogenated alkanes) is 2. The first-order valence-corrected chi connectivity index (χ1v) is 10.9. The van der Waals surface area contributed by atoms with Crippen LogP contribution in [0.5, 0.6) is 0 Å². The average Bonchev–Trinajstić information content (AvgIpc) is 3.04. The smallest absolute Gasteiger partial charge is 0.249 e. The van der Waals surface area contributed by atoms with Gasteiger partial charge in [-0.3, -0.25) is 4.79 Å². The van der Waals surface area contributed by atoms with Crippen LogP contribution in [0.2, 0.25) is 5.02 Å². The van der Waals surface area contributed by atoms with Crippen LogP contribution >= 0.6 is 11.6 Å². The van der Waals surface area contributed by atoms with Crippen LogP contribution in [-0.2, 0) is 13.0 Å². The van der Waals surface area contributed by atoms with Gasteiger partial charge in [0.05, 0.1) is 11.0 Å². The number of carbonyl (C=O) groups is 1. The minimum absolute atomic E-state index is 0.418. The van der Waals surface area contributed by atoms with Gasteiger partial charge in [-0.2, -0.15) is 0 Å². The largest absolute Gasteiger partial charge is 0.366 e. The Hall–Kier alpha value is -2.78. The standard InChI is InChI=1S/C26H26ClN2O/c1-3-4-5-7-18-12-13-20-24(15-18)29(16-19-11-10-17(2)22(27)14-19)23-9-6-8-21(25(20)23)26(28)30/h6,8-12,14-15H,3-5,7,16H2,1-2H3,(H2,28,30). The molecule has 3 aromatic carbocycles. The maximum Gasteiger partial charge on any atom is 0.249 e. The molecule has 0 aliphatic heterocycles. The molecule has 0 unspecified atom stereocenters. The Morgan fingerprint density at radius 2 is 1.93 bits per heavy atom. The lowest BCUT2D eigenvalue weighted by molar-refractivity contribution is 0.100. The number of fused-ring (bicyclic) bond motifs is 3. The van der Waals surface area contributed by atoms with E-state index in [1.54, 1.807) is 6.07 Å². The zero-order valence-electron chi connectivity index (χ0n) is 17.5. The molecule has 0 aliphatic carbocycles. The summed E-state index contributed by atoms with van der Waals surface area (Å²) < 4.78 is 2.25. The van der Waals surface area contributed by atoms with E-state index in [4.69, 9.17) is 17.3 Å². The van der Waals surface area contributed by atoms with Gasteiger partial charge in [-0.15, -0.1) is 0 Å². The Kier molecular flexibility index (Phi) is 5.83. The van der Waals surface area contributed by atoms with Crippen molar-refractivity contribution in [3.63, 3.8) is 0 Å². The molecule has 0 spiro atoms. The number of nitrogens with zero attached hydrogens (tertiary/aromatic N) is 1. The molecule has 153 valence electrons. The molecule has 0 atom stereocenters. The van der Waals surface area contributed by atoms with E-state index in [1.165, 1.54) is 18.4 Å². The number of nitrogens with two attached hydrogens (primary N) is 1. The monoisotopic (exact) mass is 417 g/mol. The van der Waals surface area contributed by atoms with E-state index in [2.05, 4.69) is 35.8 Å². The Labute approximate surface area is 182 Å². The number of carbonyl (C=O) groups excluding carboxylic acids is 1. The van der Waals surface area contributed by atoms with Crippen LogP contribution in [0, 0.1) is 13.0 Å². The first kappa shape index (κ1) is 20.5. The number of primary amides is 1. The van der Waals surface area contributed by atoms with Crippen LogP contribution in [0.3, 0.4) is 0 Å². The van der Waals surface area contributed by atoms with Gasteiger partial charge in [-0.25, -0.2) is 0 Å². The number of hydrogen-bond acceptors (Lipinski definition) is 1. The van der Waals surface area contributed by atoms with Gasteiger partial charge in [0.2, 0.25) is 5.91 Å². The molecule has 3 nitrogen and oxygen atoms in total. The predicted octanol–water partition coefficient (Wildman–Crippen LogP) is 6.44. The van der Waals surface area contributed by atoms with E-state index in [1.807, 2.05) is 31.2 Å². The molecule has 1 aromatic heterocycles. The van der Waals surface area contributed by atoms with Crippen molar-refractivity contribution in [3.8, 4) is 0 Å². The topological polar surface area (TPSA) is 48.0 Å². The second-order valence-electron chi connectivity index (χ2n) is 7.96. The van der Waals surface area contributed by atoms with Crippen LogP contribution in [0.15, 0.2) is 48.5 Å². The number of rotatable bonds is 7. The predicted molar refractivity (Wildman–Crippen MR) is 125 cm³/mol. The van der Waals surface area contributed by atoms with Crippen LogP contribution in [0.1, 0.15) is 53.2 Å². The van der Waals surface area contributed by atoms with Crippen LogP contribution in [0.4, 0.5) is 0 Å². The Balaban J connectivity index is 1.91. The highest BCUT2D eigenvalue weighted by Crippen LogP contribution is 2.33. The minimum Gasteiger partial charge on any atom is -0.366 e. The van der Waals surface area contributed by atoms with Crippen molar-refractivity contribution in [1.82, 2.24) is 4.57 Å². The van der Waals surface area contributed by atoms with Crippen molar-refractivity contribution < 1.29 is 4.79 Å². The van der Waals surface area contributed by atoms with Gasteiger partial charge in [-0.05, 0) is 66.8 Å². The lowest BCUT2D eigenvalue weighted by Gasteiger charge is -2.10. The van der Waals surface area contributed by atoms with E-state index in [0.717, 1.165) is 50.8 Å². The van der Waals surface area contributed by atoms with Gasteiger partial charge in [-0.1, -0.05) is 55.6 Å². The highest BCUT2D eigenvalue weighted by atomic mass is 35.5. The SMILES string of the molecule is CCCCCc1c[c]c2c3c(C(N)=O)cccc3n(Cc3ccc(C)c(Cl)c3)c2c1. The van der Waals surface area contributed by atoms with Gasteiger partial charge in [0.15, 0.2) is 0 Å². The summed E-state index contributed by atoms with van der Waals surface area (Å²) in [4.78, 5) is 12.1. The maximum absolute atomic E-state index is 12.1. The second-order valence-corrected chi connectivity index (χ2v) is 8.37. The zero-order valence-corrected chi connectivity index (χ0v) is 18.2. The zero-order chi connectivity index (χ0) is 21.3. The summed E-state index contributed by atoms with van der Waals surface area (Å²) in [6.45, 7) is 4.88. The molecule has 0 bridgehead atoms. The van der Waals surface area contributed by atoms with Crippen molar-refractivity contribution in [2.24, 2.45) is 5.73 Å². The van der Waals surface area contributed by atoms with Gasteiger partial charge in [0, 0.05) is 27.9 Å². The van der Waals surface area contributed by atoms with Gasteiger partial charge < -0.3 is 10.3 Å². The Morgan fingerprint density at radius 1 is 1.10 bits per heavy atom. The van der Waals surface area contributed by atoms with E-state index in [9.17, 15) is 4.79 Å². The number of halogens is 1. The van der Waals surface area contributed by atoms with Crippen molar-refractivity contribution >= 4 is 39.3 Å². The van der Waals surface area contributed by atoms with Gasteiger partial charge >= 0.3 is 0 Å². The summed E-state index contributed by atoms with van der Waals surface area (Å²) in [6.07, 6.45) is 4.61. The van der Waals surface area contributed by atoms with Crippen molar-refractivity contribution in [1.29, 1.82) is 0 Å². The third kappa shape index (κ3) is 3.82. The first-order valence-electron chi connectivity index (χ1n) is 10.5. The summed E-state index contributed by atoms with van der Waals surface area (Å²) in [6, 6.07) is 19.6. The molecule has 1 heterocycles. The van der Waals surface area contributed by atoms with Gasteiger partial charge in [0.25, 0.3) is 0 Å². The quantitative estimate of drug-likeness (QED) is 0.346. The van der Waals surface area contributed by atoms with E-state index < -0.39 is 5.91 Å². The number of hydrogen-bond donors (Lipinski definition) is 1. The van der Waals surface area contributed by atoms with Crippen molar-refractivity contribution in [2.45, 2.75) is 46.1 Å². The summed E-state index contributed by atoms with van der Waals surface area (Å²) in [5.41, 5.74) is 11.7. The molecule has 0 saturated carbocycles. The molecule has 2 N–H and O–H groups in total. The molecular weight excluding hydrogens is 392 g/mol. The Bertz CT molecular complexity index is 1240. The van der Waals surface area contributed by atoms with Gasteiger partial charge in [0.1, 0.15) is 0 Å². The molecule has 1 radical (unpaired) electrons. The lowest BCUT2D eigenvalue weighted by atomic mass is 10.0. The molecule has 4 aromatic rings. The lowest BCUT2D eigenvalue weighted by Crippen LogP contribution is -2.11. The fourth-order valence-electron chi connectivity index (χ4n) is 4.12. The fraction of sp³-hybridized carbons (Fsp3) is 0.269. The summed E-state index contributed by atoms with van der Waals surface area (Å²) in [7, 11) is 0. The third-order valence-corrected chi connectivity index (χ3v) is 6.17. The summed E-state index contributed by atoms with van der Waals surface area (Å²) in [5, 5.41) is 2.58. The average molecular weight is 418 g/mol. The van der Waals surface area contributed by atoms with Crippen molar-refractivity contribution in [3.05, 3.63) is 81.9 Å². The van der Waals surface area contributed by atoms with E-state index in [-0.39, 0.29) is 0 Å². The minimum atomic E-state index is -0.418.